The van der Waals surface area contributed by atoms with Crippen LogP contribution in [0.1, 0.15) is 19.4 Å². The predicted molar refractivity (Wildman–Crippen MR) is 73.8 cm³/mol. The smallest absolute Gasteiger partial charge is 0.126 e. The topological polar surface area (TPSA) is 0 Å². The van der Waals surface area contributed by atoms with Crippen molar-refractivity contribution in [1.29, 1.82) is 0 Å². The fourth-order valence-corrected chi connectivity index (χ4v) is 2.99. The lowest BCUT2D eigenvalue weighted by molar-refractivity contribution is 0.256. The predicted octanol–water partition coefficient (Wildman–Crippen LogP) is 5.14. The van der Waals surface area contributed by atoms with Crippen LogP contribution in [0.3, 0.4) is 0 Å². The maximum absolute atomic E-state index is 13.7. The molecule has 0 N–H and O–H groups in total. The molecule has 1 aromatic carbocycles. The molecule has 1 aromatic rings. The molecule has 0 spiro atoms. The molecule has 17 heavy (non-hydrogen) atoms. The molecule has 0 aliphatic heterocycles. The summed E-state index contributed by atoms with van der Waals surface area (Å²) in [5.41, 5.74) is 0.279. The Morgan fingerprint density at radius 1 is 1.24 bits per heavy atom. The van der Waals surface area contributed by atoms with Crippen molar-refractivity contribution in [2.24, 2.45) is 11.3 Å². The summed E-state index contributed by atoms with van der Waals surface area (Å²) < 4.78 is 13.7. The molecule has 0 aliphatic rings. The maximum Gasteiger partial charge on any atom is 0.126 e. The summed E-state index contributed by atoms with van der Waals surface area (Å²) >= 11 is 17.9. The second kappa shape index (κ2) is 6.26. The second-order valence-electron chi connectivity index (χ2n) is 4.70. The zero-order valence-corrected chi connectivity index (χ0v) is 12.2. The third-order valence-corrected chi connectivity index (χ3v) is 4.61. The summed E-state index contributed by atoms with van der Waals surface area (Å²) in [6.07, 6.45) is 0.504. The van der Waals surface area contributed by atoms with Crippen LogP contribution in [0.15, 0.2) is 18.2 Å². The van der Waals surface area contributed by atoms with E-state index in [2.05, 4.69) is 0 Å². The van der Waals surface area contributed by atoms with Gasteiger partial charge in [-0.25, -0.2) is 4.39 Å². The molecule has 0 nitrogen and oxygen atoms in total. The first-order valence-electron chi connectivity index (χ1n) is 5.51. The van der Waals surface area contributed by atoms with E-state index in [-0.39, 0.29) is 17.2 Å². The summed E-state index contributed by atoms with van der Waals surface area (Å²) in [6, 6.07) is 4.57. The Morgan fingerprint density at radius 3 is 2.29 bits per heavy atom. The van der Waals surface area contributed by atoms with Crippen molar-refractivity contribution in [3.63, 3.8) is 0 Å². The van der Waals surface area contributed by atoms with Gasteiger partial charge in [0.2, 0.25) is 0 Å². The lowest BCUT2D eigenvalue weighted by Crippen LogP contribution is -2.34. The Labute approximate surface area is 117 Å². The zero-order chi connectivity index (χ0) is 13.1. The third-order valence-electron chi connectivity index (χ3n) is 3.31. The number of benzene rings is 1. The van der Waals surface area contributed by atoms with Crippen LogP contribution in [-0.4, -0.2) is 11.8 Å². The number of halogens is 4. The number of hydrogen-bond donors (Lipinski definition) is 0. The highest BCUT2D eigenvalue weighted by Gasteiger charge is 2.33. The molecule has 0 heterocycles. The van der Waals surface area contributed by atoms with Gasteiger partial charge in [0, 0.05) is 22.2 Å². The minimum Gasteiger partial charge on any atom is -0.207 e. The van der Waals surface area contributed by atoms with E-state index in [1.807, 2.05) is 13.8 Å². The van der Waals surface area contributed by atoms with Gasteiger partial charge in [0.1, 0.15) is 5.82 Å². The van der Waals surface area contributed by atoms with Crippen LogP contribution in [0.4, 0.5) is 4.39 Å². The quantitative estimate of drug-likeness (QED) is 0.660. The number of alkyl halides is 2. The standard InChI is InChI=1S/C13H16Cl3F/c1-9(2)13(7-14,8-15)6-10-5-11(16)3-4-12(10)17/h3-5,9H,6-8H2,1-2H3. The van der Waals surface area contributed by atoms with Crippen LogP contribution in [0, 0.1) is 17.2 Å². The molecule has 0 amide bonds. The molecular weight excluding hydrogens is 281 g/mol. The Kier molecular flexibility index (Phi) is 5.56. The van der Waals surface area contributed by atoms with Crippen LogP contribution in [0.25, 0.3) is 0 Å². The summed E-state index contributed by atoms with van der Waals surface area (Å²) in [6.45, 7) is 4.10. The van der Waals surface area contributed by atoms with Crippen LogP contribution in [0.5, 0.6) is 0 Å². The van der Waals surface area contributed by atoms with Gasteiger partial charge in [0.25, 0.3) is 0 Å². The van der Waals surface area contributed by atoms with Crippen molar-refractivity contribution in [2.75, 3.05) is 11.8 Å². The van der Waals surface area contributed by atoms with E-state index < -0.39 is 0 Å². The van der Waals surface area contributed by atoms with E-state index >= 15 is 0 Å². The molecule has 96 valence electrons. The molecular formula is C13H16Cl3F. The minimum absolute atomic E-state index is 0.255. The fourth-order valence-electron chi connectivity index (χ4n) is 1.70. The highest BCUT2D eigenvalue weighted by Crippen LogP contribution is 2.35. The molecule has 0 saturated carbocycles. The van der Waals surface area contributed by atoms with Crippen molar-refractivity contribution in [1.82, 2.24) is 0 Å². The van der Waals surface area contributed by atoms with Gasteiger partial charge in [0.15, 0.2) is 0 Å². The molecule has 0 fully saturated rings. The molecule has 4 heteroatoms. The van der Waals surface area contributed by atoms with E-state index in [9.17, 15) is 4.39 Å². The molecule has 0 bridgehead atoms. The largest absolute Gasteiger partial charge is 0.207 e. The fraction of sp³-hybridized carbons (Fsp3) is 0.538. The van der Waals surface area contributed by atoms with Gasteiger partial charge in [-0.3, -0.25) is 0 Å². The first-order valence-corrected chi connectivity index (χ1v) is 6.96. The van der Waals surface area contributed by atoms with Crippen LogP contribution in [-0.2, 0) is 6.42 Å². The van der Waals surface area contributed by atoms with Crippen LogP contribution < -0.4 is 0 Å². The highest BCUT2D eigenvalue weighted by molar-refractivity contribution is 6.30. The Balaban J connectivity index is 3.05. The van der Waals surface area contributed by atoms with Crippen LogP contribution >= 0.6 is 34.8 Å². The van der Waals surface area contributed by atoms with Gasteiger partial charge in [-0.15, -0.1) is 23.2 Å². The van der Waals surface area contributed by atoms with E-state index in [0.29, 0.717) is 28.8 Å². The van der Waals surface area contributed by atoms with Crippen molar-refractivity contribution < 1.29 is 4.39 Å². The Morgan fingerprint density at radius 2 is 1.82 bits per heavy atom. The molecule has 0 aliphatic carbocycles. The van der Waals surface area contributed by atoms with Gasteiger partial charge >= 0.3 is 0 Å². The molecule has 0 unspecified atom stereocenters. The summed E-state index contributed by atoms with van der Waals surface area (Å²) in [7, 11) is 0. The zero-order valence-electron chi connectivity index (χ0n) is 9.94. The van der Waals surface area contributed by atoms with Gasteiger partial charge in [-0.05, 0) is 36.1 Å². The average Bonchev–Trinajstić information content (AvgIpc) is 2.30. The summed E-state index contributed by atoms with van der Waals surface area (Å²) in [5, 5.41) is 0.531. The summed E-state index contributed by atoms with van der Waals surface area (Å²) in [5.74, 6) is 0.825. The van der Waals surface area contributed by atoms with Crippen molar-refractivity contribution in [2.45, 2.75) is 20.3 Å². The van der Waals surface area contributed by atoms with E-state index in [0.717, 1.165) is 0 Å². The maximum atomic E-state index is 13.7. The van der Waals surface area contributed by atoms with Crippen molar-refractivity contribution in [3.8, 4) is 0 Å². The van der Waals surface area contributed by atoms with E-state index in [1.54, 1.807) is 12.1 Å². The first kappa shape index (κ1) is 15.1. The lowest BCUT2D eigenvalue weighted by Gasteiger charge is -2.34. The molecule has 0 atom stereocenters. The third kappa shape index (κ3) is 3.49. The second-order valence-corrected chi connectivity index (χ2v) is 5.67. The molecule has 1 rings (SSSR count). The monoisotopic (exact) mass is 296 g/mol. The van der Waals surface area contributed by atoms with Gasteiger partial charge in [-0.2, -0.15) is 0 Å². The normalized spacial score (nSPS) is 12.2. The van der Waals surface area contributed by atoms with Gasteiger partial charge < -0.3 is 0 Å². The number of hydrogen-bond acceptors (Lipinski definition) is 0. The van der Waals surface area contributed by atoms with E-state index in [1.165, 1.54) is 6.07 Å². The highest BCUT2D eigenvalue weighted by atomic mass is 35.5. The van der Waals surface area contributed by atoms with E-state index in [4.69, 9.17) is 34.8 Å². The van der Waals surface area contributed by atoms with Gasteiger partial charge in [0.05, 0.1) is 0 Å². The number of rotatable bonds is 5. The summed E-state index contributed by atoms with van der Waals surface area (Å²) in [4.78, 5) is 0. The average molecular weight is 298 g/mol. The molecule has 0 saturated heterocycles. The van der Waals surface area contributed by atoms with Crippen molar-refractivity contribution >= 4 is 34.8 Å². The lowest BCUT2D eigenvalue weighted by atomic mass is 9.76. The molecule has 0 radical (unpaired) electrons. The first-order chi connectivity index (χ1) is 7.95. The minimum atomic E-state index is -0.297. The van der Waals surface area contributed by atoms with Crippen molar-refractivity contribution in [3.05, 3.63) is 34.6 Å². The van der Waals surface area contributed by atoms with Gasteiger partial charge in [-0.1, -0.05) is 25.4 Å². The SMILES string of the molecule is CC(C)C(CCl)(CCl)Cc1cc(Cl)ccc1F. The van der Waals surface area contributed by atoms with Crippen LogP contribution in [0.2, 0.25) is 5.02 Å². The Hall–Kier alpha value is 0.0200. The molecule has 0 aromatic heterocycles. The Bertz CT molecular complexity index is 373.